The highest BCUT2D eigenvalue weighted by molar-refractivity contribution is 6.00. The summed E-state index contributed by atoms with van der Waals surface area (Å²) in [7, 11) is 0. The van der Waals surface area contributed by atoms with Gasteiger partial charge in [-0.2, -0.15) is 0 Å². The van der Waals surface area contributed by atoms with E-state index in [1.165, 1.54) is 13.8 Å². The Kier molecular flexibility index (Phi) is 8.76. The molecule has 2 N–H and O–H groups in total. The average Bonchev–Trinajstić information content (AvgIpc) is 2.95. The third-order valence-corrected chi connectivity index (χ3v) is 7.15. The molecular formula is C31H34N4O4. The maximum atomic E-state index is 14.2. The molecule has 3 aromatic carbocycles. The van der Waals surface area contributed by atoms with Crippen LogP contribution in [0.5, 0.6) is 0 Å². The molecular weight excluding hydrogens is 492 g/mol. The predicted octanol–water partition coefficient (Wildman–Crippen LogP) is 3.98. The number of amides is 4. The predicted molar refractivity (Wildman–Crippen MR) is 150 cm³/mol. The molecule has 1 heterocycles. The summed E-state index contributed by atoms with van der Waals surface area (Å²) >= 11 is 0. The van der Waals surface area contributed by atoms with Crippen LogP contribution in [0, 0.1) is 0 Å². The Morgan fingerprint density at radius 2 is 1.36 bits per heavy atom. The normalized spacial score (nSPS) is 14.3. The third kappa shape index (κ3) is 6.71. The van der Waals surface area contributed by atoms with E-state index >= 15 is 0 Å². The van der Waals surface area contributed by atoms with Crippen LogP contribution in [0.1, 0.15) is 48.2 Å². The summed E-state index contributed by atoms with van der Waals surface area (Å²) in [5, 5.41) is 5.78. The lowest BCUT2D eigenvalue weighted by Crippen LogP contribution is -2.64. The maximum Gasteiger partial charge on any atom is 0.255 e. The first-order valence-corrected chi connectivity index (χ1v) is 13.1. The Labute approximate surface area is 229 Å². The van der Waals surface area contributed by atoms with Crippen molar-refractivity contribution in [2.45, 2.75) is 45.3 Å². The minimum absolute atomic E-state index is 0.0530. The highest BCUT2D eigenvalue weighted by Gasteiger charge is 2.48. The quantitative estimate of drug-likeness (QED) is 0.464. The van der Waals surface area contributed by atoms with Gasteiger partial charge < -0.3 is 20.4 Å². The molecule has 0 aliphatic carbocycles. The molecule has 3 aromatic rings. The van der Waals surface area contributed by atoms with Gasteiger partial charge in [0.05, 0.1) is 0 Å². The van der Waals surface area contributed by atoms with Crippen LogP contribution in [-0.4, -0.2) is 52.1 Å². The molecule has 202 valence electrons. The third-order valence-electron chi connectivity index (χ3n) is 7.15. The minimum atomic E-state index is -1.16. The lowest BCUT2D eigenvalue weighted by Gasteiger charge is -2.47. The smallest absolute Gasteiger partial charge is 0.255 e. The standard InChI is InChI=1S/C31H34N4O4/c1-23(36)33-28-15-13-27(14-16-28)29(38)35(22-26-11-7-4-8-12-26)31(17-19-34(20-18-31)24(2)37)30(39)32-21-25-9-5-3-6-10-25/h3-16H,17-22H2,1-2H3,(H,32,39)(H,33,36). The molecule has 0 bridgehead atoms. The number of likely N-dealkylation sites (tertiary alicyclic amines) is 1. The van der Waals surface area contributed by atoms with Crippen LogP contribution in [0.25, 0.3) is 0 Å². The fraction of sp³-hybridized carbons (Fsp3) is 0.290. The fourth-order valence-electron chi connectivity index (χ4n) is 4.99. The van der Waals surface area contributed by atoms with Gasteiger partial charge >= 0.3 is 0 Å². The summed E-state index contributed by atoms with van der Waals surface area (Å²) in [5.74, 6) is -0.790. The van der Waals surface area contributed by atoms with Crippen molar-refractivity contribution in [3.05, 3.63) is 102 Å². The van der Waals surface area contributed by atoms with Crippen molar-refractivity contribution in [2.75, 3.05) is 18.4 Å². The van der Waals surface area contributed by atoms with Gasteiger partial charge in [0, 0.05) is 51.3 Å². The number of carbonyl (C=O) groups excluding carboxylic acids is 4. The number of rotatable bonds is 8. The van der Waals surface area contributed by atoms with Crippen molar-refractivity contribution >= 4 is 29.3 Å². The van der Waals surface area contributed by atoms with Crippen LogP contribution in [0.15, 0.2) is 84.9 Å². The molecule has 39 heavy (non-hydrogen) atoms. The molecule has 8 heteroatoms. The van der Waals surface area contributed by atoms with Gasteiger partial charge in [-0.05, 0) is 48.2 Å². The van der Waals surface area contributed by atoms with Gasteiger partial charge in [0.1, 0.15) is 5.54 Å². The van der Waals surface area contributed by atoms with E-state index in [0.717, 1.165) is 11.1 Å². The Hall–Kier alpha value is -4.46. The Balaban J connectivity index is 1.70. The van der Waals surface area contributed by atoms with Gasteiger partial charge in [-0.1, -0.05) is 60.7 Å². The Morgan fingerprint density at radius 1 is 0.795 bits per heavy atom. The van der Waals surface area contributed by atoms with E-state index in [-0.39, 0.29) is 30.2 Å². The van der Waals surface area contributed by atoms with Gasteiger partial charge in [-0.15, -0.1) is 0 Å². The highest BCUT2D eigenvalue weighted by Crippen LogP contribution is 2.33. The van der Waals surface area contributed by atoms with Gasteiger partial charge in [0.25, 0.3) is 5.91 Å². The molecule has 0 spiro atoms. The number of nitrogens with one attached hydrogen (secondary N) is 2. The van der Waals surface area contributed by atoms with Gasteiger partial charge in [-0.3, -0.25) is 19.2 Å². The molecule has 8 nitrogen and oxygen atoms in total. The SMILES string of the molecule is CC(=O)Nc1ccc(C(=O)N(Cc2ccccc2)C2(C(=O)NCc3ccccc3)CCN(C(C)=O)CC2)cc1. The molecule has 0 radical (unpaired) electrons. The van der Waals surface area contributed by atoms with E-state index in [2.05, 4.69) is 10.6 Å². The number of benzene rings is 3. The number of hydrogen-bond donors (Lipinski definition) is 2. The Morgan fingerprint density at radius 3 is 1.90 bits per heavy atom. The first kappa shape index (κ1) is 27.6. The molecule has 1 aliphatic heterocycles. The lowest BCUT2D eigenvalue weighted by atomic mass is 9.83. The number of nitrogens with zero attached hydrogens (tertiary/aromatic N) is 2. The zero-order valence-corrected chi connectivity index (χ0v) is 22.4. The molecule has 1 aliphatic rings. The molecule has 0 aromatic heterocycles. The number of piperidine rings is 1. The summed E-state index contributed by atoms with van der Waals surface area (Å²) in [5.41, 5.74) is 1.67. The zero-order chi connectivity index (χ0) is 27.8. The zero-order valence-electron chi connectivity index (χ0n) is 22.4. The highest BCUT2D eigenvalue weighted by atomic mass is 16.2. The number of carbonyl (C=O) groups is 4. The second-order valence-corrected chi connectivity index (χ2v) is 9.84. The molecule has 1 saturated heterocycles. The summed E-state index contributed by atoms with van der Waals surface area (Å²) in [6.45, 7) is 4.24. The Bertz CT molecular complexity index is 1300. The largest absolute Gasteiger partial charge is 0.350 e. The summed E-state index contributed by atoms with van der Waals surface area (Å²) in [6, 6.07) is 25.9. The van der Waals surface area contributed by atoms with E-state index in [1.54, 1.807) is 34.1 Å². The molecule has 4 amide bonds. The molecule has 0 atom stereocenters. The second kappa shape index (κ2) is 12.4. The number of anilines is 1. The summed E-state index contributed by atoms with van der Waals surface area (Å²) < 4.78 is 0. The first-order valence-electron chi connectivity index (χ1n) is 13.1. The van der Waals surface area contributed by atoms with Crippen molar-refractivity contribution in [1.82, 2.24) is 15.1 Å². The van der Waals surface area contributed by atoms with Crippen LogP contribution in [0.2, 0.25) is 0 Å². The lowest BCUT2D eigenvalue weighted by molar-refractivity contribution is -0.141. The van der Waals surface area contributed by atoms with Crippen LogP contribution >= 0.6 is 0 Å². The van der Waals surface area contributed by atoms with Gasteiger partial charge in [0.2, 0.25) is 17.7 Å². The molecule has 0 saturated carbocycles. The minimum Gasteiger partial charge on any atom is -0.350 e. The van der Waals surface area contributed by atoms with Gasteiger partial charge in [0.15, 0.2) is 0 Å². The summed E-state index contributed by atoms with van der Waals surface area (Å²) in [4.78, 5) is 55.2. The van der Waals surface area contributed by atoms with Crippen molar-refractivity contribution in [1.29, 1.82) is 0 Å². The monoisotopic (exact) mass is 526 g/mol. The van der Waals surface area contributed by atoms with Gasteiger partial charge in [-0.25, -0.2) is 0 Å². The fourth-order valence-corrected chi connectivity index (χ4v) is 4.99. The van der Waals surface area contributed by atoms with E-state index in [9.17, 15) is 19.2 Å². The van der Waals surface area contributed by atoms with E-state index in [4.69, 9.17) is 0 Å². The molecule has 4 rings (SSSR count). The van der Waals surface area contributed by atoms with E-state index in [0.29, 0.717) is 43.7 Å². The van der Waals surface area contributed by atoms with Crippen molar-refractivity contribution < 1.29 is 19.2 Å². The maximum absolute atomic E-state index is 14.2. The second-order valence-electron chi connectivity index (χ2n) is 9.84. The molecule has 0 unspecified atom stereocenters. The first-order chi connectivity index (χ1) is 18.8. The topological polar surface area (TPSA) is 98.8 Å². The van der Waals surface area contributed by atoms with Crippen molar-refractivity contribution in [2.24, 2.45) is 0 Å². The van der Waals surface area contributed by atoms with Crippen LogP contribution in [0.4, 0.5) is 5.69 Å². The molecule has 1 fully saturated rings. The van der Waals surface area contributed by atoms with Crippen molar-refractivity contribution in [3.63, 3.8) is 0 Å². The number of hydrogen-bond acceptors (Lipinski definition) is 4. The van der Waals surface area contributed by atoms with E-state index in [1.807, 2.05) is 60.7 Å². The van der Waals surface area contributed by atoms with Crippen LogP contribution < -0.4 is 10.6 Å². The average molecular weight is 527 g/mol. The summed E-state index contributed by atoms with van der Waals surface area (Å²) in [6.07, 6.45) is 0.630. The van der Waals surface area contributed by atoms with Crippen LogP contribution in [0.3, 0.4) is 0 Å². The van der Waals surface area contributed by atoms with Crippen molar-refractivity contribution in [3.8, 4) is 0 Å². The van der Waals surface area contributed by atoms with E-state index < -0.39 is 5.54 Å². The van der Waals surface area contributed by atoms with Crippen LogP contribution in [-0.2, 0) is 27.5 Å².